The van der Waals surface area contributed by atoms with Gasteiger partial charge in [-0.15, -0.1) is 23.5 Å². The highest BCUT2D eigenvalue weighted by atomic mass is 35.5. The molecule has 1 aliphatic heterocycles. The molecule has 2 saturated carbocycles. The van der Waals surface area contributed by atoms with Crippen LogP contribution in [0.5, 0.6) is 0 Å². The van der Waals surface area contributed by atoms with Gasteiger partial charge in [-0.25, -0.2) is 0 Å². The molecule has 3 fully saturated rings. The number of amides is 2. The third-order valence-electron chi connectivity index (χ3n) is 6.22. The average Bonchev–Trinajstić information content (AvgIpc) is 3.20. The van der Waals surface area contributed by atoms with Gasteiger partial charge in [-0.3, -0.25) is 25.2 Å². The molecule has 1 heterocycles. The first-order valence-corrected chi connectivity index (χ1v) is 12.6. The van der Waals surface area contributed by atoms with Crippen LogP contribution >= 0.6 is 35.1 Å². The van der Waals surface area contributed by atoms with Crippen molar-refractivity contribution in [2.75, 3.05) is 18.1 Å². The molecular formula is C21H25ClN2O4S2. The number of hydrogen-bond acceptors (Lipinski definition) is 6. The minimum Gasteiger partial charge on any atom is -0.455 e. The molecule has 1 spiro atoms. The summed E-state index contributed by atoms with van der Waals surface area (Å²) in [6, 6.07) is 6.29. The Morgan fingerprint density at radius 3 is 2.30 bits per heavy atom. The topological polar surface area (TPSA) is 84.5 Å². The molecule has 3 atom stereocenters. The molecule has 0 radical (unpaired) electrons. The summed E-state index contributed by atoms with van der Waals surface area (Å²) in [7, 11) is 0. The summed E-state index contributed by atoms with van der Waals surface area (Å²) < 4.78 is 5.58. The van der Waals surface area contributed by atoms with E-state index in [-0.39, 0.29) is 11.9 Å². The summed E-state index contributed by atoms with van der Waals surface area (Å²) in [5.74, 6) is 2.03. The fourth-order valence-corrected chi connectivity index (χ4v) is 8.96. The number of hydrazine groups is 1. The van der Waals surface area contributed by atoms with E-state index in [0.717, 1.165) is 12.8 Å². The number of ether oxygens (including phenoxy) is 1. The maximum Gasteiger partial charge on any atom is 0.309 e. The fraction of sp³-hybridized carbons (Fsp3) is 0.571. The van der Waals surface area contributed by atoms with Crippen molar-refractivity contribution < 1.29 is 19.1 Å². The van der Waals surface area contributed by atoms with Crippen molar-refractivity contribution in [3.05, 3.63) is 34.9 Å². The van der Waals surface area contributed by atoms with Gasteiger partial charge < -0.3 is 4.74 Å². The zero-order chi connectivity index (χ0) is 21.1. The molecule has 1 saturated heterocycles. The Morgan fingerprint density at radius 2 is 1.67 bits per heavy atom. The number of halogens is 1. The van der Waals surface area contributed by atoms with Crippen LogP contribution in [0.25, 0.3) is 0 Å². The summed E-state index contributed by atoms with van der Waals surface area (Å²) in [4.78, 5) is 36.6. The minimum absolute atomic E-state index is 0.135. The molecule has 1 unspecified atom stereocenters. The van der Waals surface area contributed by atoms with E-state index in [1.807, 2.05) is 0 Å². The lowest BCUT2D eigenvalue weighted by atomic mass is 9.67. The van der Waals surface area contributed by atoms with Gasteiger partial charge in [-0.05, 0) is 61.8 Å². The Balaban J connectivity index is 1.23. The standard InChI is InChI=1S/C21H25ClN2O4S2/c22-17-6-4-13(5-7-17)19(26)24-23-18(25)12-28-20(27)14-10-15-2-1-3-16(11-14)21(15)29-8-9-30-21/h4-7,14-16H,1-3,8-12H2,(H,23,25)(H,24,26)/t14?,15-,16+. The Morgan fingerprint density at radius 1 is 1.03 bits per heavy atom. The molecule has 2 amide bonds. The van der Waals surface area contributed by atoms with E-state index >= 15 is 0 Å². The molecule has 6 nitrogen and oxygen atoms in total. The van der Waals surface area contributed by atoms with E-state index in [1.54, 1.807) is 24.3 Å². The lowest BCUT2D eigenvalue weighted by Gasteiger charge is -2.51. The first-order valence-electron chi connectivity index (χ1n) is 10.3. The number of thioether (sulfide) groups is 2. The van der Waals surface area contributed by atoms with Crippen LogP contribution < -0.4 is 10.9 Å². The van der Waals surface area contributed by atoms with Gasteiger partial charge in [0.25, 0.3) is 11.8 Å². The summed E-state index contributed by atoms with van der Waals surface area (Å²) >= 11 is 9.99. The van der Waals surface area contributed by atoms with Gasteiger partial charge in [-0.1, -0.05) is 18.0 Å². The van der Waals surface area contributed by atoms with Gasteiger partial charge in [-0.2, -0.15) is 0 Å². The molecule has 1 aromatic rings. The molecule has 3 aliphatic rings. The van der Waals surface area contributed by atoms with Crippen molar-refractivity contribution in [2.24, 2.45) is 17.8 Å². The summed E-state index contributed by atoms with van der Waals surface area (Å²) in [5, 5.41) is 0.519. The third kappa shape index (κ3) is 4.60. The number of hydrogen-bond donors (Lipinski definition) is 2. The number of carbonyl (C=O) groups excluding carboxylic acids is 3. The monoisotopic (exact) mass is 468 g/mol. The number of esters is 1. The molecule has 30 heavy (non-hydrogen) atoms. The van der Waals surface area contributed by atoms with Crippen LogP contribution in [-0.4, -0.2) is 40.0 Å². The second-order valence-corrected chi connectivity index (χ2v) is 11.5. The van der Waals surface area contributed by atoms with Crippen LogP contribution in [0.15, 0.2) is 24.3 Å². The van der Waals surface area contributed by atoms with E-state index in [0.29, 0.717) is 26.5 Å². The average molecular weight is 469 g/mol. The molecular weight excluding hydrogens is 444 g/mol. The number of carbonyl (C=O) groups is 3. The largest absolute Gasteiger partial charge is 0.455 e. The first kappa shape index (κ1) is 21.8. The summed E-state index contributed by atoms with van der Waals surface area (Å²) in [5.41, 5.74) is 4.95. The van der Waals surface area contributed by atoms with Crippen molar-refractivity contribution in [2.45, 2.75) is 36.2 Å². The lowest BCUT2D eigenvalue weighted by Crippen LogP contribution is -2.48. The first-order chi connectivity index (χ1) is 14.5. The molecule has 2 N–H and O–H groups in total. The fourth-order valence-electron chi connectivity index (χ4n) is 4.89. The molecule has 2 bridgehead atoms. The Labute approximate surface area is 189 Å². The SMILES string of the molecule is O=C(COC(=O)C1C[C@H]2CCC[C@@H](C1)C21SCCS1)NNC(=O)c1ccc(Cl)cc1. The maximum absolute atomic E-state index is 12.6. The normalized spacial score (nSPS) is 26.8. The van der Waals surface area contributed by atoms with Crippen LogP contribution in [-0.2, 0) is 14.3 Å². The van der Waals surface area contributed by atoms with E-state index in [1.165, 1.54) is 30.8 Å². The van der Waals surface area contributed by atoms with E-state index < -0.39 is 18.4 Å². The quantitative estimate of drug-likeness (QED) is 0.518. The molecule has 9 heteroatoms. The molecule has 4 rings (SSSR count). The Kier molecular flexibility index (Phi) is 6.85. The summed E-state index contributed by atoms with van der Waals surface area (Å²) in [6.45, 7) is -0.403. The smallest absolute Gasteiger partial charge is 0.309 e. The highest BCUT2D eigenvalue weighted by molar-refractivity contribution is 8.21. The number of rotatable bonds is 4. The zero-order valence-corrected chi connectivity index (χ0v) is 18.9. The zero-order valence-electron chi connectivity index (χ0n) is 16.5. The molecule has 1 aromatic carbocycles. The predicted molar refractivity (Wildman–Crippen MR) is 119 cm³/mol. The predicted octanol–water partition coefficient (Wildman–Crippen LogP) is 3.65. The van der Waals surface area contributed by atoms with Gasteiger partial charge in [0, 0.05) is 22.1 Å². The van der Waals surface area contributed by atoms with Crippen LogP contribution in [0.2, 0.25) is 5.02 Å². The highest BCUT2D eigenvalue weighted by Crippen LogP contribution is 2.64. The van der Waals surface area contributed by atoms with Crippen LogP contribution in [0.1, 0.15) is 42.5 Å². The Bertz CT molecular complexity index is 798. The van der Waals surface area contributed by atoms with Gasteiger partial charge in [0.05, 0.1) is 10.00 Å². The van der Waals surface area contributed by atoms with Crippen molar-refractivity contribution in [1.29, 1.82) is 0 Å². The maximum atomic E-state index is 12.6. The van der Waals surface area contributed by atoms with Crippen LogP contribution in [0.4, 0.5) is 0 Å². The molecule has 0 aromatic heterocycles. The van der Waals surface area contributed by atoms with Crippen LogP contribution in [0.3, 0.4) is 0 Å². The van der Waals surface area contributed by atoms with Crippen LogP contribution in [0, 0.1) is 17.8 Å². The van der Waals surface area contributed by atoms with Gasteiger partial charge in [0.1, 0.15) is 0 Å². The van der Waals surface area contributed by atoms with Gasteiger partial charge in [0.2, 0.25) is 0 Å². The van der Waals surface area contributed by atoms with Crippen molar-refractivity contribution in [3.63, 3.8) is 0 Å². The number of nitrogens with one attached hydrogen (secondary N) is 2. The Hall–Kier alpha value is -1.38. The minimum atomic E-state index is -0.569. The highest BCUT2D eigenvalue weighted by Gasteiger charge is 2.55. The second kappa shape index (κ2) is 9.40. The van der Waals surface area contributed by atoms with E-state index in [4.69, 9.17) is 16.3 Å². The molecule has 162 valence electrons. The second-order valence-electron chi connectivity index (χ2n) is 8.03. The lowest BCUT2D eigenvalue weighted by molar-refractivity contribution is -0.155. The van der Waals surface area contributed by atoms with Crippen molar-refractivity contribution in [1.82, 2.24) is 10.9 Å². The third-order valence-corrected chi connectivity index (χ3v) is 10.5. The van der Waals surface area contributed by atoms with Gasteiger partial charge >= 0.3 is 5.97 Å². The van der Waals surface area contributed by atoms with E-state index in [2.05, 4.69) is 34.4 Å². The van der Waals surface area contributed by atoms with E-state index in [9.17, 15) is 14.4 Å². The van der Waals surface area contributed by atoms with Gasteiger partial charge in [0.15, 0.2) is 6.61 Å². The van der Waals surface area contributed by atoms with Crippen molar-refractivity contribution >= 4 is 52.9 Å². The number of benzene rings is 1. The summed E-state index contributed by atoms with van der Waals surface area (Å²) in [6.07, 6.45) is 5.30. The molecule has 2 aliphatic carbocycles. The van der Waals surface area contributed by atoms with Crippen molar-refractivity contribution in [3.8, 4) is 0 Å².